The van der Waals surface area contributed by atoms with Crippen molar-refractivity contribution in [2.75, 3.05) is 24.5 Å². The summed E-state index contributed by atoms with van der Waals surface area (Å²) in [4.78, 5) is 16.8. The van der Waals surface area contributed by atoms with Crippen LogP contribution in [0, 0.1) is 23.0 Å². The Morgan fingerprint density at radius 2 is 2.21 bits per heavy atom. The number of hydrogen-bond acceptors (Lipinski definition) is 5. The molecule has 1 aliphatic heterocycles. The van der Waals surface area contributed by atoms with E-state index in [1.807, 2.05) is 0 Å². The summed E-state index contributed by atoms with van der Waals surface area (Å²) in [6.45, 7) is 4.41. The Labute approximate surface area is 112 Å². The Bertz CT molecular complexity index is 456. The quantitative estimate of drug-likeness (QED) is 0.662. The van der Waals surface area contributed by atoms with Crippen LogP contribution in [0.15, 0.2) is 12.3 Å². The maximum atomic E-state index is 10.8. The fourth-order valence-electron chi connectivity index (χ4n) is 2.58. The first-order valence-corrected chi connectivity index (χ1v) is 6.68. The van der Waals surface area contributed by atoms with Gasteiger partial charge in [-0.15, -0.1) is 0 Å². The molecule has 0 spiro atoms. The molecular weight excluding hydrogens is 244 g/mol. The summed E-state index contributed by atoms with van der Waals surface area (Å²) in [5.41, 5.74) is 6.33. The average molecular weight is 264 g/mol. The number of nitrogens with zero attached hydrogens (tertiary/aromatic N) is 3. The topological polar surface area (TPSA) is 85.3 Å². The Kier molecular flexibility index (Phi) is 4.31. The first-order valence-electron chi connectivity index (χ1n) is 6.68. The average Bonchev–Trinajstić information content (AvgIpc) is 2.39. The zero-order chi connectivity index (χ0) is 13.8. The van der Waals surface area contributed by atoms with Crippen molar-refractivity contribution in [3.05, 3.63) is 27.9 Å². The van der Waals surface area contributed by atoms with Crippen molar-refractivity contribution in [2.45, 2.75) is 26.2 Å². The number of nitro groups is 1. The van der Waals surface area contributed by atoms with E-state index in [0.29, 0.717) is 11.5 Å². The third-order valence-electron chi connectivity index (χ3n) is 3.78. The molecule has 2 N–H and O–H groups in total. The SMILES string of the molecule is Cc1cc(N2CCC(CCN)CC2)ncc1[N+](=O)[O-]. The molecule has 1 aromatic heterocycles. The van der Waals surface area contributed by atoms with E-state index in [0.717, 1.165) is 44.7 Å². The van der Waals surface area contributed by atoms with Gasteiger partial charge in [0, 0.05) is 18.7 Å². The molecular formula is C13H20N4O2. The van der Waals surface area contributed by atoms with Crippen molar-refractivity contribution in [1.82, 2.24) is 4.98 Å². The fraction of sp³-hybridized carbons (Fsp3) is 0.615. The predicted octanol–water partition coefficient (Wildman–Crippen LogP) is 1.86. The second-order valence-electron chi connectivity index (χ2n) is 5.09. The van der Waals surface area contributed by atoms with E-state index < -0.39 is 0 Å². The van der Waals surface area contributed by atoms with Gasteiger partial charge in [0.05, 0.1) is 4.92 Å². The molecule has 0 bridgehead atoms. The minimum atomic E-state index is -0.389. The lowest BCUT2D eigenvalue weighted by Gasteiger charge is -2.32. The maximum absolute atomic E-state index is 10.8. The highest BCUT2D eigenvalue weighted by Gasteiger charge is 2.21. The van der Waals surface area contributed by atoms with Gasteiger partial charge in [0.2, 0.25) is 0 Å². The van der Waals surface area contributed by atoms with Crippen LogP contribution in [-0.4, -0.2) is 29.5 Å². The van der Waals surface area contributed by atoms with Gasteiger partial charge in [0.15, 0.2) is 0 Å². The van der Waals surface area contributed by atoms with Crippen LogP contribution in [0.2, 0.25) is 0 Å². The number of pyridine rings is 1. The van der Waals surface area contributed by atoms with Gasteiger partial charge in [-0.05, 0) is 44.7 Å². The van der Waals surface area contributed by atoms with Crippen LogP contribution in [0.5, 0.6) is 0 Å². The lowest BCUT2D eigenvalue weighted by Crippen LogP contribution is -2.34. The van der Waals surface area contributed by atoms with E-state index in [1.165, 1.54) is 6.20 Å². The molecule has 2 rings (SSSR count). The minimum Gasteiger partial charge on any atom is -0.357 e. The van der Waals surface area contributed by atoms with Gasteiger partial charge in [-0.25, -0.2) is 4.98 Å². The summed E-state index contributed by atoms with van der Waals surface area (Å²) >= 11 is 0. The summed E-state index contributed by atoms with van der Waals surface area (Å²) in [6.07, 6.45) is 4.68. The van der Waals surface area contributed by atoms with Crippen LogP contribution >= 0.6 is 0 Å². The molecule has 19 heavy (non-hydrogen) atoms. The smallest absolute Gasteiger partial charge is 0.290 e. The van der Waals surface area contributed by atoms with Gasteiger partial charge in [-0.2, -0.15) is 0 Å². The summed E-state index contributed by atoms with van der Waals surface area (Å²) in [7, 11) is 0. The second-order valence-corrected chi connectivity index (χ2v) is 5.09. The third-order valence-corrected chi connectivity index (χ3v) is 3.78. The molecule has 0 atom stereocenters. The van der Waals surface area contributed by atoms with Crippen molar-refractivity contribution >= 4 is 11.5 Å². The van der Waals surface area contributed by atoms with Gasteiger partial charge < -0.3 is 10.6 Å². The van der Waals surface area contributed by atoms with Crippen molar-refractivity contribution in [3.8, 4) is 0 Å². The Morgan fingerprint density at radius 3 is 2.74 bits per heavy atom. The van der Waals surface area contributed by atoms with Crippen molar-refractivity contribution in [1.29, 1.82) is 0 Å². The Morgan fingerprint density at radius 1 is 1.53 bits per heavy atom. The fourth-order valence-corrected chi connectivity index (χ4v) is 2.58. The number of rotatable bonds is 4. The summed E-state index contributed by atoms with van der Waals surface area (Å²) in [6, 6.07) is 1.81. The van der Waals surface area contributed by atoms with E-state index in [4.69, 9.17) is 5.73 Å². The summed E-state index contributed by atoms with van der Waals surface area (Å²) in [5, 5.41) is 10.8. The van der Waals surface area contributed by atoms with Gasteiger partial charge in [-0.3, -0.25) is 10.1 Å². The van der Waals surface area contributed by atoms with Gasteiger partial charge in [0.25, 0.3) is 5.69 Å². The van der Waals surface area contributed by atoms with E-state index in [9.17, 15) is 10.1 Å². The molecule has 0 radical (unpaired) electrons. The molecule has 0 unspecified atom stereocenters. The number of aromatic nitrogens is 1. The molecule has 1 aliphatic rings. The molecule has 2 heterocycles. The largest absolute Gasteiger partial charge is 0.357 e. The molecule has 1 saturated heterocycles. The molecule has 6 heteroatoms. The van der Waals surface area contributed by atoms with E-state index in [2.05, 4.69) is 9.88 Å². The monoisotopic (exact) mass is 264 g/mol. The number of aryl methyl sites for hydroxylation is 1. The first-order chi connectivity index (χ1) is 9.11. The van der Waals surface area contributed by atoms with Crippen molar-refractivity contribution < 1.29 is 4.92 Å². The Balaban J connectivity index is 2.04. The first kappa shape index (κ1) is 13.7. The standard InChI is InChI=1S/C13H20N4O2/c1-10-8-13(15-9-12(10)17(18)19)16-6-3-11(2-5-14)4-7-16/h8-9,11H,2-7,14H2,1H3. The van der Waals surface area contributed by atoms with E-state index in [-0.39, 0.29) is 10.6 Å². The normalized spacial score (nSPS) is 16.6. The van der Waals surface area contributed by atoms with Gasteiger partial charge >= 0.3 is 0 Å². The number of nitrogens with two attached hydrogens (primary N) is 1. The number of anilines is 1. The molecule has 104 valence electrons. The van der Waals surface area contributed by atoms with Gasteiger partial charge in [-0.1, -0.05) is 0 Å². The second kappa shape index (κ2) is 5.97. The van der Waals surface area contributed by atoms with E-state index in [1.54, 1.807) is 13.0 Å². The molecule has 0 amide bonds. The molecule has 6 nitrogen and oxygen atoms in total. The maximum Gasteiger partial charge on any atom is 0.290 e. The molecule has 0 saturated carbocycles. The Hall–Kier alpha value is -1.69. The lowest BCUT2D eigenvalue weighted by molar-refractivity contribution is -0.385. The van der Waals surface area contributed by atoms with Crippen LogP contribution in [0.25, 0.3) is 0 Å². The highest BCUT2D eigenvalue weighted by Crippen LogP contribution is 2.26. The van der Waals surface area contributed by atoms with Crippen LogP contribution in [0.1, 0.15) is 24.8 Å². The molecule has 0 aliphatic carbocycles. The van der Waals surface area contributed by atoms with Crippen LogP contribution < -0.4 is 10.6 Å². The predicted molar refractivity (Wildman–Crippen MR) is 74.2 cm³/mol. The van der Waals surface area contributed by atoms with Gasteiger partial charge in [0.1, 0.15) is 12.0 Å². The summed E-state index contributed by atoms with van der Waals surface area (Å²) < 4.78 is 0. The molecule has 0 aromatic carbocycles. The highest BCUT2D eigenvalue weighted by atomic mass is 16.6. The highest BCUT2D eigenvalue weighted by molar-refractivity contribution is 5.48. The number of piperidine rings is 1. The number of hydrogen-bond donors (Lipinski definition) is 1. The minimum absolute atomic E-state index is 0.0850. The molecule has 1 fully saturated rings. The van der Waals surface area contributed by atoms with Crippen molar-refractivity contribution in [3.63, 3.8) is 0 Å². The summed E-state index contributed by atoms with van der Waals surface area (Å²) in [5.74, 6) is 1.55. The van der Waals surface area contributed by atoms with Crippen molar-refractivity contribution in [2.24, 2.45) is 11.7 Å². The zero-order valence-electron chi connectivity index (χ0n) is 11.2. The van der Waals surface area contributed by atoms with Crippen LogP contribution in [-0.2, 0) is 0 Å². The van der Waals surface area contributed by atoms with Crippen LogP contribution in [0.4, 0.5) is 11.5 Å². The lowest BCUT2D eigenvalue weighted by atomic mass is 9.93. The van der Waals surface area contributed by atoms with E-state index >= 15 is 0 Å². The third kappa shape index (κ3) is 3.20. The molecule has 1 aromatic rings. The zero-order valence-corrected chi connectivity index (χ0v) is 11.2. The van der Waals surface area contributed by atoms with Crippen LogP contribution in [0.3, 0.4) is 0 Å².